The predicted molar refractivity (Wildman–Crippen MR) is 96.6 cm³/mol. The summed E-state index contributed by atoms with van der Waals surface area (Å²) in [6, 6.07) is 7.96. The van der Waals surface area contributed by atoms with E-state index >= 15 is 0 Å². The quantitative estimate of drug-likeness (QED) is 0.731. The molecule has 0 bridgehead atoms. The summed E-state index contributed by atoms with van der Waals surface area (Å²) in [7, 11) is 1.61. The SMILES string of the molecule is Cc1cc(C)cc(OCC(=O)OCC(=O)N(C)C2(C#N)CCCCC2)c1. The third-order valence-electron chi connectivity index (χ3n) is 4.81. The highest BCUT2D eigenvalue weighted by Crippen LogP contribution is 2.32. The van der Waals surface area contributed by atoms with Crippen LogP contribution in [0.2, 0.25) is 0 Å². The summed E-state index contributed by atoms with van der Waals surface area (Å²) in [4.78, 5) is 25.6. The first-order valence-corrected chi connectivity index (χ1v) is 8.91. The van der Waals surface area contributed by atoms with Crippen LogP contribution < -0.4 is 4.74 Å². The van der Waals surface area contributed by atoms with Crippen molar-refractivity contribution in [3.05, 3.63) is 29.3 Å². The summed E-state index contributed by atoms with van der Waals surface area (Å²) in [5, 5.41) is 9.52. The number of amides is 1. The zero-order valence-electron chi connectivity index (χ0n) is 15.7. The van der Waals surface area contributed by atoms with Crippen molar-refractivity contribution in [2.24, 2.45) is 0 Å². The Bertz CT molecular complexity index is 682. The summed E-state index contributed by atoms with van der Waals surface area (Å²) in [5.41, 5.74) is 1.30. The molecule has 1 aliphatic carbocycles. The fraction of sp³-hybridized carbons (Fsp3) is 0.550. The minimum Gasteiger partial charge on any atom is -0.482 e. The second-order valence-corrected chi connectivity index (χ2v) is 6.93. The molecule has 1 saturated carbocycles. The number of likely N-dealkylation sites (N-methyl/N-ethyl adjacent to an activating group) is 1. The second kappa shape index (κ2) is 8.70. The maximum Gasteiger partial charge on any atom is 0.344 e. The molecule has 140 valence electrons. The number of benzene rings is 1. The van der Waals surface area contributed by atoms with Crippen LogP contribution in [0.5, 0.6) is 5.75 Å². The molecule has 0 atom stereocenters. The average Bonchev–Trinajstić information content (AvgIpc) is 2.63. The molecule has 0 N–H and O–H groups in total. The topological polar surface area (TPSA) is 79.6 Å². The Morgan fingerprint density at radius 3 is 2.31 bits per heavy atom. The van der Waals surface area contributed by atoms with Crippen LogP contribution in [0.3, 0.4) is 0 Å². The van der Waals surface area contributed by atoms with Gasteiger partial charge in [0.25, 0.3) is 5.91 Å². The molecule has 0 saturated heterocycles. The molecule has 0 heterocycles. The van der Waals surface area contributed by atoms with Gasteiger partial charge in [0.05, 0.1) is 6.07 Å². The summed E-state index contributed by atoms with van der Waals surface area (Å²) in [6.07, 6.45) is 4.25. The number of nitrogens with zero attached hydrogens (tertiary/aromatic N) is 2. The molecule has 0 radical (unpaired) electrons. The van der Waals surface area contributed by atoms with Gasteiger partial charge in [-0.05, 0) is 49.9 Å². The van der Waals surface area contributed by atoms with Gasteiger partial charge in [-0.25, -0.2) is 4.79 Å². The highest BCUT2D eigenvalue weighted by atomic mass is 16.6. The van der Waals surface area contributed by atoms with Gasteiger partial charge in [0, 0.05) is 7.05 Å². The molecule has 1 aromatic rings. The lowest BCUT2D eigenvalue weighted by Gasteiger charge is -2.38. The third-order valence-corrected chi connectivity index (χ3v) is 4.81. The van der Waals surface area contributed by atoms with Crippen LogP contribution >= 0.6 is 0 Å². The number of rotatable bonds is 6. The van der Waals surface area contributed by atoms with Gasteiger partial charge in [-0.15, -0.1) is 0 Å². The van der Waals surface area contributed by atoms with Crippen molar-refractivity contribution in [1.82, 2.24) is 4.90 Å². The van der Waals surface area contributed by atoms with Crippen molar-refractivity contribution >= 4 is 11.9 Å². The van der Waals surface area contributed by atoms with Gasteiger partial charge in [0.1, 0.15) is 11.3 Å². The van der Waals surface area contributed by atoms with Crippen molar-refractivity contribution in [1.29, 1.82) is 5.26 Å². The average molecular weight is 358 g/mol. The number of ether oxygens (including phenoxy) is 2. The first kappa shape index (κ1) is 19.8. The Labute approximate surface area is 154 Å². The van der Waals surface area contributed by atoms with Crippen molar-refractivity contribution in [3.8, 4) is 11.8 Å². The van der Waals surface area contributed by atoms with Crippen LogP contribution in [-0.4, -0.2) is 42.6 Å². The van der Waals surface area contributed by atoms with E-state index in [0.717, 1.165) is 30.4 Å². The van der Waals surface area contributed by atoms with Crippen molar-refractivity contribution < 1.29 is 19.1 Å². The third kappa shape index (κ3) is 4.98. The monoisotopic (exact) mass is 358 g/mol. The normalized spacial score (nSPS) is 15.6. The smallest absolute Gasteiger partial charge is 0.344 e. The molecular weight excluding hydrogens is 332 g/mol. The lowest BCUT2D eigenvalue weighted by molar-refractivity contribution is -0.155. The maximum absolute atomic E-state index is 12.3. The Balaban J connectivity index is 1.82. The molecular formula is C20H26N2O4. The Hall–Kier alpha value is -2.55. The van der Waals surface area contributed by atoms with Gasteiger partial charge in [0.15, 0.2) is 13.2 Å². The van der Waals surface area contributed by atoms with E-state index in [2.05, 4.69) is 6.07 Å². The summed E-state index contributed by atoms with van der Waals surface area (Å²) in [6.45, 7) is 3.25. The molecule has 6 nitrogen and oxygen atoms in total. The molecule has 26 heavy (non-hydrogen) atoms. The molecule has 0 unspecified atom stereocenters. The zero-order chi connectivity index (χ0) is 19.2. The molecule has 0 aromatic heterocycles. The van der Waals surface area contributed by atoms with Gasteiger partial charge in [-0.1, -0.05) is 25.3 Å². The van der Waals surface area contributed by atoms with Gasteiger partial charge >= 0.3 is 5.97 Å². The van der Waals surface area contributed by atoms with E-state index < -0.39 is 11.5 Å². The van der Waals surface area contributed by atoms with Crippen LogP contribution in [-0.2, 0) is 14.3 Å². The van der Waals surface area contributed by atoms with Gasteiger partial charge < -0.3 is 14.4 Å². The predicted octanol–water partition coefficient (Wildman–Crippen LogP) is 2.91. The molecule has 1 aliphatic rings. The molecule has 6 heteroatoms. The van der Waals surface area contributed by atoms with Crippen molar-refractivity contribution in [2.45, 2.75) is 51.5 Å². The maximum atomic E-state index is 12.3. The Morgan fingerprint density at radius 2 is 1.73 bits per heavy atom. The molecule has 1 amide bonds. The Morgan fingerprint density at radius 1 is 1.12 bits per heavy atom. The minimum atomic E-state index is -0.780. The van der Waals surface area contributed by atoms with Crippen LogP contribution in [0.4, 0.5) is 0 Å². The van der Waals surface area contributed by atoms with Crippen molar-refractivity contribution in [2.75, 3.05) is 20.3 Å². The van der Waals surface area contributed by atoms with Crippen LogP contribution in [0, 0.1) is 25.2 Å². The fourth-order valence-corrected chi connectivity index (χ4v) is 3.34. The number of aryl methyl sites for hydroxylation is 2. The van der Waals surface area contributed by atoms with E-state index in [1.165, 1.54) is 4.90 Å². The van der Waals surface area contributed by atoms with E-state index in [1.54, 1.807) is 7.05 Å². The summed E-state index contributed by atoms with van der Waals surface area (Å²) >= 11 is 0. The van der Waals surface area contributed by atoms with Crippen LogP contribution in [0.1, 0.15) is 43.2 Å². The number of carbonyl (C=O) groups excluding carboxylic acids is 2. The molecule has 1 aromatic carbocycles. The van der Waals surface area contributed by atoms with E-state index in [-0.39, 0.29) is 19.1 Å². The number of nitriles is 1. The van der Waals surface area contributed by atoms with Gasteiger partial charge in [-0.2, -0.15) is 5.26 Å². The standard InChI is InChI=1S/C20H26N2O4/c1-15-9-16(2)11-17(10-15)25-13-19(24)26-12-18(23)22(3)20(14-21)7-5-4-6-8-20/h9-11H,4-8,12-13H2,1-3H3. The van der Waals surface area contributed by atoms with E-state index in [1.807, 2.05) is 32.0 Å². The highest BCUT2D eigenvalue weighted by molar-refractivity contribution is 5.81. The largest absolute Gasteiger partial charge is 0.482 e. The summed E-state index contributed by atoms with van der Waals surface area (Å²) < 4.78 is 10.5. The first-order valence-electron chi connectivity index (χ1n) is 8.91. The zero-order valence-corrected chi connectivity index (χ0v) is 15.7. The van der Waals surface area contributed by atoms with E-state index in [0.29, 0.717) is 18.6 Å². The van der Waals surface area contributed by atoms with E-state index in [4.69, 9.17) is 9.47 Å². The van der Waals surface area contributed by atoms with Crippen LogP contribution in [0.15, 0.2) is 18.2 Å². The van der Waals surface area contributed by atoms with E-state index in [9.17, 15) is 14.9 Å². The summed E-state index contributed by atoms with van der Waals surface area (Å²) in [5.74, 6) is -0.387. The number of carbonyl (C=O) groups is 2. The molecule has 0 spiro atoms. The Kier molecular flexibility index (Phi) is 6.62. The number of hydrogen-bond donors (Lipinski definition) is 0. The fourth-order valence-electron chi connectivity index (χ4n) is 3.34. The lowest BCUT2D eigenvalue weighted by Crippen LogP contribution is -2.51. The molecule has 0 aliphatic heterocycles. The second-order valence-electron chi connectivity index (χ2n) is 6.93. The van der Waals surface area contributed by atoms with Crippen molar-refractivity contribution in [3.63, 3.8) is 0 Å². The van der Waals surface area contributed by atoms with Gasteiger partial charge in [-0.3, -0.25) is 4.79 Å². The molecule has 1 fully saturated rings. The molecule has 2 rings (SSSR count). The lowest BCUT2D eigenvalue weighted by atomic mass is 9.81. The van der Waals surface area contributed by atoms with Crippen LogP contribution in [0.25, 0.3) is 0 Å². The number of hydrogen-bond acceptors (Lipinski definition) is 5. The minimum absolute atomic E-state index is 0.261. The first-order chi connectivity index (χ1) is 12.4. The van der Waals surface area contributed by atoms with Gasteiger partial charge in [0.2, 0.25) is 0 Å². The highest BCUT2D eigenvalue weighted by Gasteiger charge is 2.38. The number of esters is 1.